The Balaban J connectivity index is 5.14. The molecule has 0 rings (SSSR count). The van der Waals surface area contributed by atoms with Crippen molar-refractivity contribution in [2.45, 2.75) is 60.8 Å². The third kappa shape index (κ3) is 7.10. The lowest BCUT2D eigenvalue weighted by Gasteiger charge is -2.10. The van der Waals surface area contributed by atoms with Gasteiger partial charge in [0.1, 0.15) is 5.57 Å². The van der Waals surface area contributed by atoms with Crippen molar-refractivity contribution in [1.29, 1.82) is 0 Å². The lowest BCUT2D eigenvalue weighted by atomic mass is 9.90. The van der Waals surface area contributed by atoms with Gasteiger partial charge in [-0.15, -0.1) is 0 Å². The quantitative estimate of drug-likeness (QED) is 0.267. The molecule has 19 heavy (non-hydrogen) atoms. The Morgan fingerprint density at radius 2 is 1.84 bits per heavy atom. The average molecular weight is 259 g/mol. The van der Waals surface area contributed by atoms with Gasteiger partial charge in [0.2, 0.25) is 0 Å². The minimum Gasteiger partial charge on any atom is -0.0899 e. The lowest BCUT2D eigenvalue weighted by Crippen LogP contribution is -2.01. The Kier molecular flexibility index (Phi) is 10.1. The molecule has 0 bridgehead atoms. The first kappa shape index (κ1) is 17.8. The zero-order valence-electron chi connectivity index (χ0n) is 13.7. The zero-order valence-corrected chi connectivity index (χ0v) is 13.7. The average Bonchev–Trinajstić information content (AvgIpc) is 2.39. The van der Waals surface area contributed by atoms with E-state index in [9.17, 15) is 0 Å². The summed E-state index contributed by atoms with van der Waals surface area (Å²) in [5.74, 6) is 0.571. The summed E-state index contributed by atoms with van der Waals surface area (Å²) >= 11 is 0. The van der Waals surface area contributed by atoms with Crippen molar-refractivity contribution in [2.24, 2.45) is 5.92 Å². The largest absolute Gasteiger partial charge is 0.128 e. The summed E-state index contributed by atoms with van der Waals surface area (Å²) in [6.07, 6.45) is 17.0. The van der Waals surface area contributed by atoms with Crippen LogP contribution in [0, 0.1) is 12.3 Å². The maximum Gasteiger partial charge on any atom is 0.128 e. The van der Waals surface area contributed by atoms with E-state index in [-0.39, 0.29) is 0 Å². The van der Waals surface area contributed by atoms with Crippen LogP contribution < -0.4 is 0 Å². The highest BCUT2D eigenvalue weighted by molar-refractivity contribution is 5.36. The van der Waals surface area contributed by atoms with Gasteiger partial charge in [-0.1, -0.05) is 38.5 Å². The van der Waals surface area contributed by atoms with E-state index in [1.165, 1.54) is 29.6 Å². The summed E-state index contributed by atoms with van der Waals surface area (Å²) in [6, 6.07) is 0. The van der Waals surface area contributed by atoms with Gasteiger partial charge in [-0.05, 0) is 38.3 Å². The van der Waals surface area contributed by atoms with E-state index in [2.05, 4.69) is 78.3 Å². The van der Waals surface area contributed by atoms with Crippen molar-refractivity contribution in [1.82, 2.24) is 0 Å². The van der Waals surface area contributed by atoms with Gasteiger partial charge < -0.3 is 0 Å². The second-order valence-electron chi connectivity index (χ2n) is 5.04. The summed E-state index contributed by atoms with van der Waals surface area (Å²) in [7, 11) is 0. The summed E-state index contributed by atoms with van der Waals surface area (Å²) < 4.78 is 0. The highest BCUT2D eigenvalue weighted by Crippen LogP contribution is 2.24. The minimum absolute atomic E-state index is 0.571. The molecule has 0 saturated heterocycles. The van der Waals surface area contributed by atoms with Crippen molar-refractivity contribution < 1.29 is 0 Å². The molecule has 0 spiro atoms. The minimum atomic E-state index is 0.571. The van der Waals surface area contributed by atoms with Crippen LogP contribution in [0.4, 0.5) is 0 Å². The Morgan fingerprint density at radius 3 is 2.32 bits per heavy atom. The Bertz CT molecular complexity index is 350. The molecule has 0 aliphatic heterocycles. The van der Waals surface area contributed by atoms with Gasteiger partial charge in [-0.25, -0.2) is 0 Å². The number of allylic oxidation sites excluding steroid dienone is 8. The third-order valence-corrected chi connectivity index (χ3v) is 3.40. The van der Waals surface area contributed by atoms with Gasteiger partial charge >= 0.3 is 0 Å². The molecule has 0 heteroatoms. The van der Waals surface area contributed by atoms with Crippen LogP contribution in [0.2, 0.25) is 0 Å². The predicted molar refractivity (Wildman–Crippen MR) is 89.1 cm³/mol. The van der Waals surface area contributed by atoms with Gasteiger partial charge in [0, 0.05) is 37.8 Å². The summed E-state index contributed by atoms with van der Waals surface area (Å²) in [6.45, 7) is 13.1. The lowest BCUT2D eigenvalue weighted by molar-refractivity contribution is 0.653. The molecule has 0 saturated carbocycles. The third-order valence-electron chi connectivity index (χ3n) is 3.40. The van der Waals surface area contributed by atoms with Gasteiger partial charge in [0.15, 0.2) is 0 Å². The molecule has 0 N–H and O–H groups in total. The van der Waals surface area contributed by atoms with Crippen molar-refractivity contribution in [3.63, 3.8) is 0 Å². The molecule has 0 aromatic carbocycles. The van der Waals surface area contributed by atoms with Crippen LogP contribution in [0.5, 0.6) is 0 Å². The van der Waals surface area contributed by atoms with Crippen LogP contribution >= 0.6 is 0 Å². The molecule has 1 atom stereocenters. The Labute approximate surface area is 121 Å². The molecular weight excluding hydrogens is 228 g/mol. The van der Waals surface area contributed by atoms with Crippen molar-refractivity contribution in [3.8, 4) is 0 Å². The van der Waals surface area contributed by atoms with Crippen LogP contribution in [0.15, 0.2) is 47.1 Å². The first-order chi connectivity index (χ1) is 9.10. The fourth-order valence-electron chi connectivity index (χ4n) is 2.28. The van der Waals surface area contributed by atoms with E-state index < -0.39 is 0 Å². The predicted octanol–water partition coefficient (Wildman–Crippen LogP) is 6.43. The molecule has 0 nitrogen and oxygen atoms in total. The SMILES string of the molecule is C/C=C\C(CCC)C(C)=C(/C=C\C(C)=C\CC)[CH+]C. The summed E-state index contributed by atoms with van der Waals surface area (Å²) in [5, 5.41) is 0. The van der Waals surface area contributed by atoms with Gasteiger partial charge in [0.25, 0.3) is 0 Å². The first-order valence-electron chi connectivity index (χ1n) is 7.58. The molecule has 0 radical (unpaired) electrons. The second kappa shape index (κ2) is 10.7. The normalized spacial score (nSPS) is 16.0. The van der Waals surface area contributed by atoms with Crippen LogP contribution in [-0.4, -0.2) is 0 Å². The maximum absolute atomic E-state index is 2.32. The van der Waals surface area contributed by atoms with Crippen LogP contribution in [0.1, 0.15) is 60.8 Å². The van der Waals surface area contributed by atoms with E-state index in [4.69, 9.17) is 0 Å². The molecule has 1 unspecified atom stereocenters. The monoisotopic (exact) mass is 259 g/mol. The fourth-order valence-corrected chi connectivity index (χ4v) is 2.28. The Morgan fingerprint density at radius 1 is 1.16 bits per heavy atom. The highest BCUT2D eigenvalue weighted by Gasteiger charge is 2.15. The van der Waals surface area contributed by atoms with E-state index >= 15 is 0 Å². The number of hydrogen-bond donors (Lipinski definition) is 0. The standard InChI is InChI=1S/C19H31/c1-7-11-16(5)14-15-18(10-4)17(6)19(12-8-2)13-9-3/h8,10-12,14-15,19H,7,9,13H2,1-6H3/q+1/b12-8-,15-14-,16-11+,18-17?. The van der Waals surface area contributed by atoms with Crippen molar-refractivity contribution >= 4 is 0 Å². The van der Waals surface area contributed by atoms with Crippen LogP contribution in [-0.2, 0) is 0 Å². The van der Waals surface area contributed by atoms with Gasteiger partial charge in [0.05, 0.1) is 0 Å². The first-order valence-corrected chi connectivity index (χ1v) is 7.58. The molecule has 0 fully saturated rings. The second-order valence-corrected chi connectivity index (χ2v) is 5.04. The highest BCUT2D eigenvalue weighted by atomic mass is 14.1. The molecule has 0 aliphatic carbocycles. The topological polar surface area (TPSA) is 0 Å². The smallest absolute Gasteiger partial charge is 0.0899 e. The van der Waals surface area contributed by atoms with Crippen LogP contribution in [0.25, 0.3) is 0 Å². The molecule has 0 heterocycles. The Hall–Kier alpha value is -1.17. The molecule has 0 amide bonds. The van der Waals surface area contributed by atoms with E-state index in [1.807, 2.05) is 0 Å². The van der Waals surface area contributed by atoms with Gasteiger partial charge in [-0.3, -0.25) is 0 Å². The molecule has 0 aliphatic rings. The van der Waals surface area contributed by atoms with Crippen molar-refractivity contribution in [3.05, 3.63) is 53.5 Å². The van der Waals surface area contributed by atoms with Gasteiger partial charge in [-0.2, -0.15) is 0 Å². The van der Waals surface area contributed by atoms with E-state index in [0.29, 0.717) is 5.92 Å². The zero-order chi connectivity index (χ0) is 14.7. The molecule has 0 aromatic rings. The molecule has 106 valence electrons. The molecular formula is C19H31+. The van der Waals surface area contributed by atoms with E-state index in [0.717, 1.165) is 6.42 Å². The number of rotatable bonds is 8. The summed E-state index contributed by atoms with van der Waals surface area (Å²) in [5.41, 5.74) is 4.18. The van der Waals surface area contributed by atoms with Crippen LogP contribution in [0.3, 0.4) is 0 Å². The van der Waals surface area contributed by atoms with E-state index in [1.54, 1.807) is 0 Å². The van der Waals surface area contributed by atoms with Crippen molar-refractivity contribution in [2.75, 3.05) is 0 Å². The summed E-state index contributed by atoms with van der Waals surface area (Å²) in [4.78, 5) is 0. The maximum atomic E-state index is 2.32. The fraction of sp³-hybridized carbons (Fsp3) is 0.526. The number of hydrogen-bond acceptors (Lipinski definition) is 0. The molecule has 0 aromatic heterocycles.